The Bertz CT molecular complexity index is 991. The molecule has 1 aliphatic heterocycles. The van der Waals surface area contributed by atoms with Crippen LogP contribution in [0.2, 0.25) is 0 Å². The van der Waals surface area contributed by atoms with Gasteiger partial charge in [-0.05, 0) is 55.9 Å². The van der Waals surface area contributed by atoms with Gasteiger partial charge in [0.1, 0.15) is 11.8 Å². The van der Waals surface area contributed by atoms with Crippen LogP contribution in [0.4, 0.5) is 5.69 Å². The van der Waals surface area contributed by atoms with E-state index in [1.54, 1.807) is 12.1 Å². The predicted octanol–water partition coefficient (Wildman–Crippen LogP) is 3.78. The molecule has 0 aromatic heterocycles. The minimum Gasteiger partial charge on any atom is -0.479 e. The number of nitrogens with zero attached hydrogens (tertiary/aromatic N) is 2. The van der Waals surface area contributed by atoms with Crippen molar-refractivity contribution in [3.05, 3.63) is 70.9 Å². The molecule has 7 heteroatoms. The second-order valence-electron chi connectivity index (χ2n) is 6.56. The van der Waals surface area contributed by atoms with Crippen molar-refractivity contribution in [1.29, 1.82) is 5.26 Å². The van der Waals surface area contributed by atoms with Crippen molar-refractivity contribution < 1.29 is 14.3 Å². The lowest BCUT2D eigenvalue weighted by molar-refractivity contribution is -0.136. The number of carbonyl (C=O) groups excluding carboxylic acids is 1. The zero-order valence-corrected chi connectivity index (χ0v) is 17.2. The number of nitrogens with one attached hydrogen (secondary N) is 1. The SMILES string of the molecule is COC(=O)C1=C(C)N(c2ccc(C)cc2)C(=S)N[C@@H]1c1ccc(OCC#N)cc1. The van der Waals surface area contributed by atoms with E-state index in [1.165, 1.54) is 7.11 Å². The molecule has 1 heterocycles. The first-order valence-electron chi connectivity index (χ1n) is 9.02. The number of aryl methyl sites for hydroxylation is 1. The highest BCUT2D eigenvalue weighted by molar-refractivity contribution is 7.80. The van der Waals surface area contributed by atoms with Crippen molar-refractivity contribution in [1.82, 2.24) is 5.32 Å². The Hall–Kier alpha value is -3.37. The number of allylic oxidation sites excluding steroid dienone is 1. The Kier molecular flexibility index (Phi) is 6.15. The summed E-state index contributed by atoms with van der Waals surface area (Å²) in [6.07, 6.45) is 0. The molecule has 3 rings (SSSR count). The maximum Gasteiger partial charge on any atom is 0.337 e. The number of nitriles is 1. The van der Waals surface area contributed by atoms with Crippen LogP contribution in [0, 0.1) is 18.3 Å². The quantitative estimate of drug-likeness (QED) is 0.597. The highest BCUT2D eigenvalue weighted by atomic mass is 32.1. The van der Waals surface area contributed by atoms with E-state index in [9.17, 15) is 4.79 Å². The topological polar surface area (TPSA) is 74.6 Å². The van der Waals surface area contributed by atoms with Crippen LogP contribution in [0.5, 0.6) is 5.75 Å². The van der Waals surface area contributed by atoms with Gasteiger partial charge in [-0.15, -0.1) is 0 Å². The van der Waals surface area contributed by atoms with E-state index in [0.717, 1.165) is 16.8 Å². The van der Waals surface area contributed by atoms with Gasteiger partial charge in [-0.25, -0.2) is 4.79 Å². The molecule has 0 fully saturated rings. The fourth-order valence-electron chi connectivity index (χ4n) is 3.24. The second kappa shape index (κ2) is 8.76. The van der Waals surface area contributed by atoms with Crippen molar-refractivity contribution >= 4 is 29.0 Å². The number of rotatable bonds is 5. The van der Waals surface area contributed by atoms with E-state index in [-0.39, 0.29) is 6.61 Å². The average Bonchev–Trinajstić information content (AvgIpc) is 2.73. The number of carbonyl (C=O) groups is 1. The Labute approximate surface area is 175 Å². The van der Waals surface area contributed by atoms with Gasteiger partial charge in [-0.1, -0.05) is 29.8 Å². The van der Waals surface area contributed by atoms with E-state index >= 15 is 0 Å². The van der Waals surface area contributed by atoms with Crippen LogP contribution in [-0.4, -0.2) is 24.8 Å². The van der Waals surface area contributed by atoms with Crippen LogP contribution in [0.1, 0.15) is 24.1 Å². The number of anilines is 1. The van der Waals surface area contributed by atoms with Crippen LogP contribution in [0.3, 0.4) is 0 Å². The fraction of sp³-hybridized carbons (Fsp3) is 0.227. The molecule has 148 valence electrons. The largest absolute Gasteiger partial charge is 0.479 e. The molecule has 0 saturated carbocycles. The van der Waals surface area contributed by atoms with E-state index in [2.05, 4.69) is 5.32 Å². The molecule has 0 radical (unpaired) electrons. The zero-order chi connectivity index (χ0) is 21.0. The molecule has 1 N–H and O–H groups in total. The summed E-state index contributed by atoms with van der Waals surface area (Å²) in [4.78, 5) is 14.5. The molecule has 0 amide bonds. The van der Waals surface area contributed by atoms with E-state index in [0.29, 0.717) is 22.1 Å². The highest BCUT2D eigenvalue weighted by Crippen LogP contribution is 2.34. The molecule has 6 nitrogen and oxygen atoms in total. The Morgan fingerprint density at radius 2 is 1.83 bits per heavy atom. The lowest BCUT2D eigenvalue weighted by Gasteiger charge is -2.37. The van der Waals surface area contributed by atoms with Gasteiger partial charge < -0.3 is 14.8 Å². The summed E-state index contributed by atoms with van der Waals surface area (Å²) in [5, 5.41) is 12.4. The minimum atomic E-state index is -0.457. The molecule has 0 spiro atoms. The van der Waals surface area contributed by atoms with Gasteiger partial charge in [0.05, 0.1) is 18.7 Å². The minimum absolute atomic E-state index is 0.0248. The molecule has 1 atom stereocenters. The molecular formula is C22H21N3O3S. The zero-order valence-electron chi connectivity index (χ0n) is 16.4. The van der Waals surface area contributed by atoms with Crippen LogP contribution in [0.25, 0.3) is 0 Å². The monoisotopic (exact) mass is 407 g/mol. The number of thiocarbonyl (C=S) groups is 1. The van der Waals surface area contributed by atoms with E-state index < -0.39 is 12.0 Å². The van der Waals surface area contributed by atoms with Gasteiger partial charge in [0.25, 0.3) is 0 Å². The third kappa shape index (κ3) is 4.23. The van der Waals surface area contributed by atoms with E-state index in [4.69, 9.17) is 27.0 Å². The molecule has 0 saturated heterocycles. The number of ether oxygens (including phenoxy) is 2. The Balaban J connectivity index is 2.02. The smallest absolute Gasteiger partial charge is 0.337 e. The number of benzene rings is 2. The third-order valence-corrected chi connectivity index (χ3v) is 5.00. The van der Waals surface area contributed by atoms with Gasteiger partial charge in [0.2, 0.25) is 0 Å². The number of esters is 1. The number of hydrogen-bond donors (Lipinski definition) is 1. The predicted molar refractivity (Wildman–Crippen MR) is 114 cm³/mol. The van der Waals surface area contributed by atoms with Crippen LogP contribution < -0.4 is 15.0 Å². The molecule has 0 bridgehead atoms. The van der Waals surface area contributed by atoms with Gasteiger partial charge in [0.15, 0.2) is 11.7 Å². The maximum atomic E-state index is 12.7. The molecule has 2 aromatic rings. The number of hydrogen-bond acceptors (Lipinski definition) is 5. The second-order valence-corrected chi connectivity index (χ2v) is 6.95. The molecule has 2 aromatic carbocycles. The summed E-state index contributed by atoms with van der Waals surface area (Å²) in [5.41, 5.74) is 4.02. The lowest BCUT2D eigenvalue weighted by Crippen LogP contribution is -2.48. The van der Waals surface area contributed by atoms with Gasteiger partial charge >= 0.3 is 5.97 Å². The first-order valence-corrected chi connectivity index (χ1v) is 9.43. The van der Waals surface area contributed by atoms with E-state index in [1.807, 2.05) is 61.2 Å². The van der Waals surface area contributed by atoms with Crippen molar-refractivity contribution in [3.63, 3.8) is 0 Å². The van der Waals surface area contributed by atoms with Gasteiger partial charge in [-0.2, -0.15) is 5.26 Å². The molecule has 0 aliphatic carbocycles. The number of methoxy groups -OCH3 is 1. The summed E-state index contributed by atoms with van der Waals surface area (Å²) in [5.74, 6) is 0.153. The molecule has 29 heavy (non-hydrogen) atoms. The Morgan fingerprint density at radius 3 is 2.41 bits per heavy atom. The van der Waals surface area contributed by atoms with Crippen LogP contribution in [0.15, 0.2) is 59.8 Å². The standard InChI is InChI=1S/C22H21N3O3S/c1-14-4-8-17(9-5-14)25-15(2)19(21(26)27-3)20(24-22(25)29)16-6-10-18(11-7-16)28-13-12-23/h4-11,20H,13H2,1-3H3,(H,24,29)/t20-/m1/s1. The van der Waals surface area contributed by atoms with Crippen molar-refractivity contribution in [2.75, 3.05) is 18.6 Å². The molecule has 1 aliphatic rings. The summed E-state index contributed by atoms with van der Waals surface area (Å²) in [6, 6.07) is 16.6. The fourth-order valence-corrected chi connectivity index (χ4v) is 3.60. The molecular weight excluding hydrogens is 386 g/mol. The summed E-state index contributed by atoms with van der Waals surface area (Å²) < 4.78 is 10.4. The van der Waals surface area contributed by atoms with Crippen LogP contribution in [-0.2, 0) is 9.53 Å². The third-order valence-electron chi connectivity index (χ3n) is 4.70. The van der Waals surface area contributed by atoms with Crippen molar-refractivity contribution in [3.8, 4) is 11.8 Å². The lowest BCUT2D eigenvalue weighted by atomic mass is 9.94. The first-order chi connectivity index (χ1) is 14.0. The molecule has 0 unspecified atom stereocenters. The highest BCUT2D eigenvalue weighted by Gasteiger charge is 2.35. The first kappa shape index (κ1) is 20.4. The van der Waals surface area contributed by atoms with Crippen molar-refractivity contribution in [2.45, 2.75) is 19.9 Å². The maximum absolute atomic E-state index is 12.7. The van der Waals surface area contributed by atoms with Crippen LogP contribution >= 0.6 is 12.2 Å². The van der Waals surface area contributed by atoms with Gasteiger partial charge in [0, 0.05) is 11.4 Å². The Morgan fingerprint density at radius 1 is 1.17 bits per heavy atom. The summed E-state index contributed by atoms with van der Waals surface area (Å²) in [6.45, 7) is 3.85. The summed E-state index contributed by atoms with van der Waals surface area (Å²) >= 11 is 5.62. The van der Waals surface area contributed by atoms with Crippen molar-refractivity contribution in [2.24, 2.45) is 0 Å². The normalized spacial score (nSPS) is 16.1. The summed E-state index contributed by atoms with van der Waals surface area (Å²) in [7, 11) is 1.36. The average molecular weight is 407 g/mol. The van der Waals surface area contributed by atoms with Gasteiger partial charge in [-0.3, -0.25) is 4.90 Å².